The van der Waals surface area contributed by atoms with E-state index in [2.05, 4.69) is 5.32 Å². The van der Waals surface area contributed by atoms with Crippen LogP contribution in [0.25, 0.3) is 10.8 Å². The molecule has 0 bridgehead atoms. The fourth-order valence-electron chi connectivity index (χ4n) is 4.20. The number of imide groups is 1. The third-order valence-corrected chi connectivity index (χ3v) is 5.66. The number of hydrogen-bond acceptors (Lipinski definition) is 3. The highest BCUT2D eigenvalue weighted by atomic mass is 16.2. The number of amides is 3. The predicted molar refractivity (Wildman–Crippen MR) is 99.3 cm³/mol. The monoisotopic (exact) mass is 350 g/mol. The third kappa shape index (κ3) is 2.77. The molecule has 2 fully saturated rings. The minimum absolute atomic E-state index is 0.180. The minimum atomic E-state index is -0.799. The molecule has 3 amide bonds. The summed E-state index contributed by atoms with van der Waals surface area (Å²) >= 11 is 0. The van der Waals surface area contributed by atoms with Gasteiger partial charge in [-0.25, -0.2) is 0 Å². The number of carbonyl (C=O) groups excluding carboxylic acids is 3. The van der Waals surface area contributed by atoms with Gasteiger partial charge < -0.3 is 5.32 Å². The number of likely N-dealkylation sites (tertiary alicyclic amines) is 1. The molecule has 2 aromatic rings. The van der Waals surface area contributed by atoms with Gasteiger partial charge >= 0.3 is 0 Å². The van der Waals surface area contributed by atoms with E-state index in [0.29, 0.717) is 5.69 Å². The highest BCUT2D eigenvalue weighted by molar-refractivity contribution is 6.10. The maximum absolute atomic E-state index is 12.7. The molecule has 5 nitrogen and oxygen atoms in total. The summed E-state index contributed by atoms with van der Waals surface area (Å²) in [4.78, 5) is 39.2. The molecular formula is C21H22N2O3. The Bertz CT molecular complexity index is 868. The fraction of sp³-hybridized carbons (Fsp3) is 0.381. The van der Waals surface area contributed by atoms with Gasteiger partial charge in [-0.3, -0.25) is 19.3 Å². The average Bonchev–Trinajstić information content (AvgIpc) is 2.92. The van der Waals surface area contributed by atoms with Crippen molar-refractivity contribution >= 4 is 34.2 Å². The Morgan fingerprint density at radius 1 is 1.00 bits per heavy atom. The first-order valence-corrected chi connectivity index (χ1v) is 9.23. The highest BCUT2D eigenvalue weighted by Crippen LogP contribution is 2.38. The summed E-state index contributed by atoms with van der Waals surface area (Å²) in [6.45, 7) is 1.63. The standard InChI is InChI=1S/C21H22N2O3/c1-13(23-20(25)17-8-4-5-9-18(17)21(23)26)19(24)22-16-11-10-14-6-2-3-7-15(14)12-16/h2-3,6-7,10-13,17-18H,4-5,8-9H2,1H3,(H,22,24). The molecule has 3 atom stereocenters. The molecule has 2 aromatic carbocycles. The molecule has 1 saturated heterocycles. The maximum Gasteiger partial charge on any atom is 0.247 e. The number of nitrogens with zero attached hydrogens (tertiary/aromatic N) is 1. The topological polar surface area (TPSA) is 66.5 Å². The lowest BCUT2D eigenvalue weighted by molar-refractivity contribution is -0.146. The van der Waals surface area contributed by atoms with Crippen molar-refractivity contribution in [3.8, 4) is 0 Å². The van der Waals surface area contributed by atoms with Crippen molar-refractivity contribution in [1.82, 2.24) is 4.90 Å². The van der Waals surface area contributed by atoms with E-state index < -0.39 is 6.04 Å². The number of benzene rings is 2. The first kappa shape index (κ1) is 16.8. The number of fused-ring (bicyclic) bond motifs is 2. The minimum Gasteiger partial charge on any atom is -0.324 e. The summed E-state index contributed by atoms with van der Waals surface area (Å²) in [5, 5.41) is 4.96. The van der Waals surface area contributed by atoms with E-state index in [9.17, 15) is 14.4 Å². The Kier molecular flexibility index (Phi) is 4.23. The van der Waals surface area contributed by atoms with Crippen molar-refractivity contribution in [3.05, 3.63) is 42.5 Å². The van der Waals surface area contributed by atoms with E-state index in [1.54, 1.807) is 6.92 Å². The summed E-state index contributed by atoms with van der Waals surface area (Å²) in [6, 6.07) is 12.8. The third-order valence-electron chi connectivity index (χ3n) is 5.66. The predicted octanol–water partition coefficient (Wildman–Crippen LogP) is 3.34. The highest BCUT2D eigenvalue weighted by Gasteiger charge is 2.50. The molecule has 0 spiro atoms. The first-order chi connectivity index (χ1) is 12.6. The molecule has 0 radical (unpaired) electrons. The molecule has 3 unspecified atom stereocenters. The molecule has 4 rings (SSSR count). The van der Waals surface area contributed by atoms with Gasteiger partial charge in [-0.15, -0.1) is 0 Å². The molecule has 0 aromatic heterocycles. The smallest absolute Gasteiger partial charge is 0.247 e. The van der Waals surface area contributed by atoms with Gasteiger partial charge in [0.25, 0.3) is 0 Å². The Balaban J connectivity index is 1.52. The second-order valence-corrected chi connectivity index (χ2v) is 7.27. The second kappa shape index (κ2) is 6.56. The molecule has 134 valence electrons. The zero-order valence-electron chi connectivity index (χ0n) is 14.8. The van der Waals surface area contributed by atoms with Gasteiger partial charge in [0.1, 0.15) is 6.04 Å². The van der Waals surface area contributed by atoms with E-state index in [-0.39, 0.29) is 29.6 Å². The maximum atomic E-state index is 12.7. The summed E-state index contributed by atoms with van der Waals surface area (Å²) in [6.07, 6.45) is 3.47. The van der Waals surface area contributed by atoms with Gasteiger partial charge in [-0.2, -0.15) is 0 Å². The molecule has 1 saturated carbocycles. The van der Waals surface area contributed by atoms with E-state index in [0.717, 1.165) is 36.5 Å². The van der Waals surface area contributed by atoms with E-state index in [1.165, 1.54) is 4.90 Å². The second-order valence-electron chi connectivity index (χ2n) is 7.27. The number of anilines is 1. The zero-order chi connectivity index (χ0) is 18.3. The van der Waals surface area contributed by atoms with Gasteiger partial charge in [-0.05, 0) is 42.7 Å². The van der Waals surface area contributed by atoms with Crippen LogP contribution in [0.4, 0.5) is 5.69 Å². The average molecular weight is 350 g/mol. The molecule has 1 N–H and O–H groups in total. The molecule has 1 heterocycles. The molecule has 1 aliphatic carbocycles. The van der Waals surface area contributed by atoms with Crippen LogP contribution in [0, 0.1) is 11.8 Å². The Labute approximate surface area is 152 Å². The summed E-state index contributed by atoms with van der Waals surface area (Å²) in [5.41, 5.74) is 0.664. The fourth-order valence-corrected chi connectivity index (χ4v) is 4.20. The van der Waals surface area contributed by atoms with Crippen LogP contribution < -0.4 is 5.32 Å². The van der Waals surface area contributed by atoms with Crippen LogP contribution in [-0.2, 0) is 14.4 Å². The Hall–Kier alpha value is -2.69. The molecule has 5 heteroatoms. The number of rotatable bonds is 3. The van der Waals surface area contributed by atoms with Crippen molar-refractivity contribution in [2.24, 2.45) is 11.8 Å². The molecular weight excluding hydrogens is 328 g/mol. The Morgan fingerprint density at radius 2 is 1.62 bits per heavy atom. The number of hydrogen-bond donors (Lipinski definition) is 1. The van der Waals surface area contributed by atoms with Gasteiger partial charge in [0, 0.05) is 5.69 Å². The number of carbonyl (C=O) groups is 3. The summed E-state index contributed by atoms with van der Waals surface area (Å²) in [5.74, 6) is -1.15. The van der Waals surface area contributed by atoms with Gasteiger partial charge in [0.05, 0.1) is 11.8 Å². The lowest BCUT2D eigenvalue weighted by Gasteiger charge is -2.22. The van der Waals surface area contributed by atoms with Crippen LogP contribution >= 0.6 is 0 Å². The SMILES string of the molecule is CC(C(=O)Nc1ccc2ccccc2c1)N1C(=O)C2CCCCC2C1=O. The van der Waals surface area contributed by atoms with Crippen molar-refractivity contribution < 1.29 is 14.4 Å². The van der Waals surface area contributed by atoms with Crippen molar-refractivity contribution in [1.29, 1.82) is 0 Å². The van der Waals surface area contributed by atoms with Crippen LogP contribution in [0.15, 0.2) is 42.5 Å². The number of nitrogens with one attached hydrogen (secondary N) is 1. The summed E-state index contributed by atoms with van der Waals surface area (Å²) in [7, 11) is 0. The molecule has 2 aliphatic rings. The molecule has 26 heavy (non-hydrogen) atoms. The normalized spacial score (nSPS) is 23.8. The van der Waals surface area contributed by atoms with Crippen molar-refractivity contribution in [2.45, 2.75) is 38.6 Å². The summed E-state index contributed by atoms with van der Waals surface area (Å²) < 4.78 is 0. The largest absolute Gasteiger partial charge is 0.324 e. The lowest BCUT2D eigenvalue weighted by Crippen LogP contribution is -2.46. The van der Waals surface area contributed by atoms with Crippen LogP contribution in [-0.4, -0.2) is 28.7 Å². The van der Waals surface area contributed by atoms with Crippen LogP contribution in [0.2, 0.25) is 0 Å². The van der Waals surface area contributed by atoms with Crippen LogP contribution in [0.5, 0.6) is 0 Å². The van der Waals surface area contributed by atoms with Crippen LogP contribution in [0.3, 0.4) is 0 Å². The van der Waals surface area contributed by atoms with Gasteiger partial charge in [0.2, 0.25) is 17.7 Å². The van der Waals surface area contributed by atoms with E-state index >= 15 is 0 Å². The van der Waals surface area contributed by atoms with Crippen LogP contribution in [0.1, 0.15) is 32.6 Å². The zero-order valence-corrected chi connectivity index (χ0v) is 14.8. The van der Waals surface area contributed by atoms with E-state index in [1.807, 2.05) is 42.5 Å². The van der Waals surface area contributed by atoms with Gasteiger partial charge in [0.15, 0.2) is 0 Å². The lowest BCUT2D eigenvalue weighted by atomic mass is 9.81. The first-order valence-electron chi connectivity index (χ1n) is 9.23. The quantitative estimate of drug-likeness (QED) is 0.864. The van der Waals surface area contributed by atoms with Crippen molar-refractivity contribution in [2.75, 3.05) is 5.32 Å². The van der Waals surface area contributed by atoms with E-state index in [4.69, 9.17) is 0 Å². The Morgan fingerprint density at radius 3 is 2.27 bits per heavy atom. The van der Waals surface area contributed by atoms with Gasteiger partial charge in [-0.1, -0.05) is 43.2 Å². The molecule has 1 aliphatic heterocycles. The van der Waals surface area contributed by atoms with Crippen molar-refractivity contribution in [3.63, 3.8) is 0 Å².